The Morgan fingerprint density at radius 3 is 2.65 bits per heavy atom. The third-order valence-electron chi connectivity index (χ3n) is 2.22. The Labute approximate surface area is 108 Å². The van der Waals surface area contributed by atoms with Gasteiger partial charge in [-0.05, 0) is 28.1 Å². The molecule has 0 saturated carbocycles. The molecule has 4 nitrogen and oxygen atoms in total. The van der Waals surface area contributed by atoms with Gasteiger partial charge in [-0.2, -0.15) is 0 Å². The molecule has 1 aromatic heterocycles. The molecular formula is C12H12BrN3O. The summed E-state index contributed by atoms with van der Waals surface area (Å²) in [6.07, 6.45) is 3.46. The molecule has 0 saturated heterocycles. The monoisotopic (exact) mass is 293 g/mol. The molecular weight excluding hydrogens is 282 g/mol. The van der Waals surface area contributed by atoms with Gasteiger partial charge in [-0.1, -0.05) is 12.1 Å². The first-order valence-electron chi connectivity index (χ1n) is 5.13. The molecule has 1 aromatic carbocycles. The van der Waals surface area contributed by atoms with Gasteiger partial charge < -0.3 is 10.1 Å². The van der Waals surface area contributed by atoms with E-state index in [4.69, 9.17) is 4.74 Å². The molecule has 1 heterocycles. The Morgan fingerprint density at radius 2 is 1.94 bits per heavy atom. The summed E-state index contributed by atoms with van der Waals surface area (Å²) in [5.41, 5.74) is 0.932. The SMILES string of the molecule is COc1ccccc1NCc1ncc(Br)cn1. The highest BCUT2D eigenvalue weighted by Gasteiger charge is 2.01. The van der Waals surface area contributed by atoms with E-state index in [2.05, 4.69) is 31.2 Å². The third kappa shape index (κ3) is 3.17. The Kier molecular flexibility index (Phi) is 3.93. The maximum atomic E-state index is 5.24. The van der Waals surface area contributed by atoms with Crippen molar-refractivity contribution in [1.29, 1.82) is 0 Å². The highest BCUT2D eigenvalue weighted by atomic mass is 79.9. The van der Waals surface area contributed by atoms with Gasteiger partial charge in [-0.15, -0.1) is 0 Å². The number of nitrogens with zero attached hydrogens (tertiary/aromatic N) is 2. The third-order valence-corrected chi connectivity index (χ3v) is 2.63. The van der Waals surface area contributed by atoms with Crippen LogP contribution in [0.25, 0.3) is 0 Å². The van der Waals surface area contributed by atoms with Crippen LogP contribution >= 0.6 is 15.9 Å². The number of ether oxygens (including phenoxy) is 1. The normalized spacial score (nSPS) is 10.0. The zero-order valence-corrected chi connectivity index (χ0v) is 10.9. The summed E-state index contributed by atoms with van der Waals surface area (Å²) < 4.78 is 6.12. The number of rotatable bonds is 4. The van der Waals surface area contributed by atoms with E-state index >= 15 is 0 Å². The summed E-state index contributed by atoms with van der Waals surface area (Å²) in [6.45, 7) is 0.563. The summed E-state index contributed by atoms with van der Waals surface area (Å²) in [4.78, 5) is 8.38. The second kappa shape index (κ2) is 5.63. The first-order chi connectivity index (χ1) is 8.29. The molecule has 0 radical (unpaired) electrons. The van der Waals surface area contributed by atoms with Crippen molar-refractivity contribution >= 4 is 21.6 Å². The topological polar surface area (TPSA) is 47.0 Å². The van der Waals surface area contributed by atoms with Crippen LogP contribution in [0.3, 0.4) is 0 Å². The zero-order chi connectivity index (χ0) is 12.1. The van der Waals surface area contributed by atoms with Crippen molar-refractivity contribution in [3.05, 3.63) is 47.0 Å². The van der Waals surface area contributed by atoms with E-state index in [-0.39, 0.29) is 0 Å². The number of benzene rings is 1. The lowest BCUT2D eigenvalue weighted by Crippen LogP contribution is -2.04. The lowest BCUT2D eigenvalue weighted by Gasteiger charge is -2.09. The van der Waals surface area contributed by atoms with Gasteiger partial charge >= 0.3 is 0 Å². The van der Waals surface area contributed by atoms with Crippen molar-refractivity contribution in [2.45, 2.75) is 6.54 Å². The average Bonchev–Trinajstić information content (AvgIpc) is 2.38. The molecule has 0 aliphatic rings. The largest absolute Gasteiger partial charge is 0.495 e. The van der Waals surface area contributed by atoms with E-state index in [1.54, 1.807) is 19.5 Å². The van der Waals surface area contributed by atoms with Gasteiger partial charge in [0.05, 0.1) is 23.8 Å². The van der Waals surface area contributed by atoms with E-state index in [0.717, 1.165) is 21.7 Å². The van der Waals surface area contributed by atoms with Crippen LogP contribution in [0.4, 0.5) is 5.69 Å². The molecule has 0 spiro atoms. The van der Waals surface area contributed by atoms with Crippen LogP contribution < -0.4 is 10.1 Å². The number of para-hydroxylation sites is 2. The second-order valence-electron chi connectivity index (χ2n) is 3.37. The molecule has 0 fully saturated rings. The summed E-state index contributed by atoms with van der Waals surface area (Å²) in [5, 5.41) is 3.23. The molecule has 0 bridgehead atoms. The number of aromatic nitrogens is 2. The average molecular weight is 294 g/mol. The molecule has 0 unspecified atom stereocenters. The van der Waals surface area contributed by atoms with Crippen molar-refractivity contribution in [3.63, 3.8) is 0 Å². The van der Waals surface area contributed by atoms with Gasteiger partial charge in [0.15, 0.2) is 0 Å². The fourth-order valence-corrected chi connectivity index (χ4v) is 1.60. The van der Waals surface area contributed by atoms with Crippen LogP contribution in [-0.2, 0) is 6.54 Å². The molecule has 1 N–H and O–H groups in total. The zero-order valence-electron chi connectivity index (χ0n) is 9.35. The first-order valence-corrected chi connectivity index (χ1v) is 5.92. The van der Waals surface area contributed by atoms with Crippen molar-refractivity contribution in [3.8, 4) is 5.75 Å². The lowest BCUT2D eigenvalue weighted by molar-refractivity contribution is 0.416. The highest BCUT2D eigenvalue weighted by molar-refractivity contribution is 9.10. The minimum Gasteiger partial charge on any atom is -0.495 e. The Balaban J connectivity index is 2.04. The molecule has 88 valence electrons. The minimum atomic E-state index is 0.563. The quantitative estimate of drug-likeness (QED) is 0.942. The number of anilines is 1. The van der Waals surface area contributed by atoms with Crippen LogP contribution in [0.1, 0.15) is 5.82 Å². The fraction of sp³-hybridized carbons (Fsp3) is 0.167. The van der Waals surface area contributed by atoms with Crippen LogP contribution in [0.5, 0.6) is 5.75 Å². The fourth-order valence-electron chi connectivity index (χ4n) is 1.40. The van der Waals surface area contributed by atoms with Gasteiger partial charge in [-0.25, -0.2) is 9.97 Å². The molecule has 0 aliphatic carbocycles. The number of hydrogen-bond acceptors (Lipinski definition) is 4. The van der Waals surface area contributed by atoms with Crippen LogP contribution in [0.2, 0.25) is 0 Å². The van der Waals surface area contributed by atoms with Gasteiger partial charge in [0.2, 0.25) is 0 Å². The molecule has 0 atom stereocenters. The molecule has 0 amide bonds. The molecule has 0 aliphatic heterocycles. The Morgan fingerprint density at radius 1 is 1.24 bits per heavy atom. The summed E-state index contributed by atoms with van der Waals surface area (Å²) in [6, 6.07) is 7.75. The number of halogens is 1. The standard InChI is InChI=1S/C12H12BrN3O/c1-17-11-5-3-2-4-10(11)14-8-12-15-6-9(13)7-16-12/h2-7,14H,8H2,1H3. The van der Waals surface area contributed by atoms with Crippen LogP contribution in [-0.4, -0.2) is 17.1 Å². The maximum absolute atomic E-state index is 5.24. The lowest BCUT2D eigenvalue weighted by atomic mass is 10.3. The molecule has 2 aromatic rings. The van der Waals surface area contributed by atoms with E-state index in [1.165, 1.54) is 0 Å². The first kappa shape index (κ1) is 11.9. The molecule has 17 heavy (non-hydrogen) atoms. The van der Waals surface area contributed by atoms with Crippen molar-refractivity contribution in [2.75, 3.05) is 12.4 Å². The van der Waals surface area contributed by atoms with E-state index < -0.39 is 0 Å². The van der Waals surface area contributed by atoms with Crippen molar-refractivity contribution < 1.29 is 4.74 Å². The predicted molar refractivity (Wildman–Crippen MR) is 70.1 cm³/mol. The minimum absolute atomic E-state index is 0.563. The number of nitrogens with one attached hydrogen (secondary N) is 1. The predicted octanol–water partition coefficient (Wildman–Crippen LogP) is 2.86. The molecule has 2 rings (SSSR count). The number of methoxy groups -OCH3 is 1. The smallest absolute Gasteiger partial charge is 0.147 e. The second-order valence-corrected chi connectivity index (χ2v) is 4.29. The van der Waals surface area contributed by atoms with E-state index in [9.17, 15) is 0 Å². The van der Waals surface area contributed by atoms with E-state index in [0.29, 0.717) is 6.54 Å². The van der Waals surface area contributed by atoms with E-state index in [1.807, 2.05) is 24.3 Å². The summed E-state index contributed by atoms with van der Waals surface area (Å²) in [5.74, 6) is 1.55. The Hall–Kier alpha value is -1.62. The summed E-state index contributed by atoms with van der Waals surface area (Å²) in [7, 11) is 1.65. The van der Waals surface area contributed by atoms with Gasteiger partial charge in [-0.3, -0.25) is 0 Å². The van der Waals surface area contributed by atoms with Gasteiger partial charge in [0.1, 0.15) is 11.6 Å². The Bertz CT molecular complexity index is 487. The maximum Gasteiger partial charge on any atom is 0.147 e. The highest BCUT2D eigenvalue weighted by Crippen LogP contribution is 2.23. The van der Waals surface area contributed by atoms with Crippen molar-refractivity contribution in [1.82, 2.24) is 9.97 Å². The van der Waals surface area contributed by atoms with Gasteiger partial charge in [0.25, 0.3) is 0 Å². The van der Waals surface area contributed by atoms with Gasteiger partial charge in [0, 0.05) is 12.4 Å². The van der Waals surface area contributed by atoms with Crippen LogP contribution in [0, 0.1) is 0 Å². The van der Waals surface area contributed by atoms with Crippen LogP contribution in [0.15, 0.2) is 41.1 Å². The van der Waals surface area contributed by atoms with Crippen molar-refractivity contribution in [2.24, 2.45) is 0 Å². The molecule has 5 heteroatoms. The summed E-state index contributed by atoms with van der Waals surface area (Å²) >= 11 is 3.30. The number of hydrogen-bond donors (Lipinski definition) is 1.